The van der Waals surface area contributed by atoms with Gasteiger partial charge in [0.2, 0.25) is 10.0 Å². The van der Waals surface area contributed by atoms with E-state index < -0.39 is 34.3 Å². The molecule has 0 aliphatic carbocycles. The second-order valence-corrected chi connectivity index (χ2v) is 8.82. The fourth-order valence-electron chi connectivity index (χ4n) is 2.91. The van der Waals surface area contributed by atoms with Crippen LogP contribution in [0.2, 0.25) is 0 Å². The number of hydrogen-bond donors (Lipinski definition) is 3. The molecule has 3 N–H and O–H groups in total. The third-order valence-corrected chi connectivity index (χ3v) is 4.93. The number of anilines is 2. The standard InChI is InChI=1S/C23H22FN3O5S/c1-33(30,31)27-17-8-6-7-16(13-17)14-25-23(29)18-9-2-5-12-21(18)32-15-22(28)26-20-11-4-3-10-19(20)24/h2-13,27H,14-15H2,1H3,(H,25,29)(H,26,28). The summed E-state index contributed by atoms with van der Waals surface area (Å²) in [5.74, 6) is -1.40. The van der Waals surface area contributed by atoms with Crippen molar-refractivity contribution in [3.05, 3.63) is 89.7 Å². The van der Waals surface area contributed by atoms with E-state index in [1.807, 2.05) is 0 Å². The van der Waals surface area contributed by atoms with Crippen LogP contribution in [0.5, 0.6) is 5.75 Å². The summed E-state index contributed by atoms with van der Waals surface area (Å²) in [6.45, 7) is -0.280. The van der Waals surface area contributed by atoms with Crippen molar-refractivity contribution < 1.29 is 27.1 Å². The van der Waals surface area contributed by atoms with Gasteiger partial charge in [-0.1, -0.05) is 36.4 Å². The van der Waals surface area contributed by atoms with Crippen LogP contribution in [0.4, 0.5) is 15.8 Å². The van der Waals surface area contributed by atoms with Crippen LogP contribution >= 0.6 is 0 Å². The Morgan fingerprint density at radius 2 is 1.70 bits per heavy atom. The van der Waals surface area contributed by atoms with E-state index in [2.05, 4.69) is 15.4 Å². The SMILES string of the molecule is CS(=O)(=O)Nc1cccc(CNC(=O)c2ccccc2OCC(=O)Nc2ccccc2F)c1. The minimum absolute atomic E-state index is 0.0321. The van der Waals surface area contributed by atoms with Crippen LogP contribution in [0, 0.1) is 5.82 Å². The van der Waals surface area contributed by atoms with Crippen molar-refractivity contribution in [2.75, 3.05) is 22.9 Å². The van der Waals surface area contributed by atoms with E-state index in [1.165, 1.54) is 18.2 Å². The fraction of sp³-hybridized carbons (Fsp3) is 0.130. The number of para-hydroxylation sites is 2. The fourth-order valence-corrected chi connectivity index (χ4v) is 3.46. The molecule has 0 bridgehead atoms. The van der Waals surface area contributed by atoms with Crippen LogP contribution in [0.15, 0.2) is 72.8 Å². The van der Waals surface area contributed by atoms with Gasteiger partial charge in [0.05, 0.1) is 17.5 Å². The van der Waals surface area contributed by atoms with Crippen molar-refractivity contribution in [3.63, 3.8) is 0 Å². The summed E-state index contributed by atoms with van der Waals surface area (Å²) in [7, 11) is -3.42. The Morgan fingerprint density at radius 3 is 2.45 bits per heavy atom. The van der Waals surface area contributed by atoms with Gasteiger partial charge in [0.1, 0.15) is 11.6 Å². The Morgan fingerprint density at radius 1 is 0.970 bits per heavy atom. The monoisotopic (exact) mass is 471 g/mol. The molecule has 3 rings (SSSR count). The molecule has 0 aromatic heterocycles. The van der Waals surface area contributed by atoms with Crippen LogP contribution < -0.4 is 20.1 Å². The minimum Gasteiger partial charge on any atom is -0.483 e. The molecular weight excluding hydrogens is 449 g/mol. The zero-order valence-corrected chi connectivity index (χ0v) is 18.5. The largest absolute Gasteiger partial charge is 0.483 e. The molecule has 0 saturated carbocycles. The van der Waals surface area contributed by atoms with Crippen molar-refractivity contribution in [2.45, 2.75) is 6.54 Å². The van der Waals surface area contributed by atoms with Crippen molar-refractivity contribution >= 4 is 33.2 Å². The van der Waals surface area contributed by atoms with E-state index in [1.54, 1.807) is 54.6 Å². The highest BCUT2D eigenvalue weighted by atomic mass is 32.2. The van der Waals surface area contributed by atoms with E-state index in [9.17, 15) is 22.4 Å². The summed E-state index contributed by atoms with van der Waals surface area (Å²) in [5, 5.41) is 5.14. The Bertz CT molecular complexity index is 1260. The normalized spacial score (nSPS) is 10.8. The predicted octanol–water partition coefficient (Wildman–Crippen LogP) is 3.14. The zero-order valence-electron chi connectivity index (χ0n) is 17.7. The van der Waals surface area contributed by atoms with Gasteiger partial charge in [-0.2, -0.15) is 0 Å². The number of rotatable bonds is 9. The summed E-state index contributed by atoms with van der Waals surface area (Å²) >= 11 is 0. The molecule has 0 radical (unpaired) electrons. The summed E-state index contributed by atoms with van der Waals surface area (Å²) in [5.41, 5.74) is 1.31. The molecular formula is C23H22FN3O5S. The van der Waals surface area contributed by atoms with Crippen LogP contribution in [0.3, 0.4) is 0 Å². The lowest BCUT2D eigenvalue weighted by atomic mass is 10.1. The first-order chi connectivity index (χ1) is 15.7. The molecule has 33 heavy (non-hydrogen) atoms. The van der Waals surface area contributed by atoms with E-state index >= 15 is 0 Å². The molecule has 10 heteroatoms. The second kappa shape index (κ2) is 10.6. The number of carbonyl (C=O) groups excluding carboxylic acids is 2. The van der Waals surface area contributed by atoms with Gasteiger partial charge >= 0.3 is 0 Å². The van der Waals surface area contributed by atoms with Crippen LogP contribution in [-0.4, -0.2) is 33.1 Å². The Labute approximate surface area is 190 Å². The van der Waals surface area contributed by atoms with E-state index in [-0.39, 0.29) is 23.5 Å². The van der Waals surface area contributed by atoms with Gasteiger partial charge in [-0.05, 0) is 42.0 Å². The Hall–Kier alpha value is -3.92. The third-order valence-electron chi connectivity index (χ3n) is 4.32. The molecule has 0 heterocycles. The maximum Gasteiger partial charge on any atom is 0.262 e. The van der Waals surface area contributed by atoms with Crippen molar-refractivity contribution in [1.29, 1.82) is 0 Å². The second-order valence-electron chi connectivity index (χ2n) is 7.07. The van der Waals surface area contributed by atoms with Crippen molar-refractivity contribution in [2.24, 2.45) is 0 Å². The molecule has 0 saturated heterocycles. The molecule has 172 valence electrons. The molecule has 0 fully saturated rings. The molecule has 0 atom stereocenters. The zero-order chi connectivity index (χ0) is 23.8. The minimum atomic E-state index is -3.42. The Kier molecular flexibility index (Phi) is 7.62. The Balaban J connectivity index is 1.60. The lowest BCUT2D eigenvalue weighted by Crippen LogP contribution is -2.25. The molecule has 3 aromatic rings. The topological polar surface area (TPSA) is 114 Å². The highest BCUT2D eigenvalue weighted by Gasteiger charge is 2.14. The van der Waals surface area contributed by atoms with Gasteiger partial charge in [0.15, 0.2) is 6.61 Å². The number of carbonyl (C=O) groups is 2. The smallest absolute Gasteiger partial charge is 0.262 e. The van der Waals surface area contributed by atoms with Gasteiger partial charge in [-0.15, -0.1) is 0 Å². The maximum absolute atomic E-state index is 13.7. The molecule has 8 nitrogen and oxygen atoms in total. The summed E-state index contributed by atoms with van der Waals surface area (Å²) in [6.07, 6.45) is 1.05. The molecule has 0 unspecified atom stereocenters. The highest BCUT2D eigenvalue weighted by Crippen LogP contribution is 2.19. The number of amides is 2. The number of benzene rings is 3. The van der Waals surface area contributed by atoms with Gasteiger partial charge in [-0.25, -0.2) is 12.8 Å². The summed E-state index contributed by atoms with van der Waals surface area (Å²) < 4.78 is 44.3. The number of hydrogen-bond acceptors (Lipinski definition) is 5. The molecule has 0 spiro atoms. The van der Waals surface area contributed by atoms with Gasteiger partial charge in [-0.3, -0.25) is 14.3 Å². The summed E-state index contributed by atoms with van der Waals surface area (Å²) in [6, 6.07) is 18.8. The highest BCUT2D eigenvalue weighted by molar-refractivity contribution is 7.92. The van der Waals surface area contributed by atoms with Gasteiger partial charge < -0.3 is 15.4 Å². The van der Waals surface area contributed by atoms with Crippen molar-refractivity contribution in [1.82, 2.24) is 5.32 Å². The lowest BCUT2D eigenvalue weighted by Gasteiger charge is -2.12. The first-order valence-electron chi connectivity index (χ1n) is 9.82. The number of nitrogens with one attached hydrogen (secondary N) is 3. The first-order valence-corrected chi connectivity index (χ1v) is 11.7. The maximum atomic E-state index is 13.7. The van der Waals surface area contributed by atoms with Crippen LogP contribution in [0.1, 0.15) is 15.9 Å². The van der Waals surface area contributed by atoms with Gasteiger partial charge in [0.25, 0.3) is 11.8 Å². The van der Waals surface area contributed by atoms with E-state index in [4.69, 9.17) is 4.74 Å². The van der Waals surface area contributed by atoms with Gasteiger partial charge in [0, 0.05) is 12.2 Å². The molecule has 0 aliphatic rings. The van der Waals surface area contributed by atoms with Crippen molar-refractivity contribution in [3.8, 4) is 5.75 Å². The average Bonchev–Trinajstić information content (AvgIpc) is 2.77. The van der Waals surface area contributed by atoms with Crippen LogP contribution in [0.25, 0.3) is 0 Å². The quantitative estimate of drug-likeness (QED) is 0.444. The molecule has 2 amide bonds. The lowest BCUT2D eigenvalue weighted by molar-refractivity contribution is -0.118. The van der Waals surface area contributed by atoms with Crippen LogP contribution in [-0.2, 0) is 21.4 Å². The molecule has 0 aliphatic heterocycles. The average molecular weight is 472 g/mol. The number of halogens is 1. The van der Waals surface area contributed by atoms with E-state index in [0.29, 0.717) is 11.3 Å². The van der Waals surface area contributed by atoms with E-state index in [0.717, 1.165) is 6.26 Å². The first kappa shape index (κ1) is 23.7. The summed E-state index contributed by atoms with van der Waals surface area (Å²) in [4.78, 5) is 24.8. The molecule has 3 aromatic carbocycles. The number of sulfonamides is 1. The number of ether oxygens (including phenoxy) is 1. The predicted molar refractivity (Wildman–Crippen MR) is 123 cm³/mol. The third kappa shape index (κ3) is 7.32.